The Labute approximate surface area is 179 Å². The molecule has 0 aliphatic rings. The minimum absolute atomic E-state index is 0.121. The van der Waals surface area contributed by atoms with E-state index in [9.17, 15) is 4.79 Å². The minimum Gasteiger partial charge on any atom is -0.494 e. The number of aromatic nitrogens is 5. The van der Waals surface area contributed by atoms with Gasteiger partial charge in [-0.3, -0.25) is 18.8 Å². The molecule has 0 aliphatic heterocycles. The number of ether oxygens (including phenoxy) is 1. The standard InChI is InChI=1S/C24H23N5O2/c1-5-31-18-8-6-7-16(11-18)17-9-10-20-19(12-17)23-21(13-25-20)28(4)24(30)29(23)22-14-27(3)26-15(22)2/h6-14H,5H2,1-4H3. The number of pyridine rings is 1. The van der Waals surface area contributed by atoms with Crippen molar-refractivity contribution < 1.29 is 4.74 Å². The molecule has 0 saturated heterocycles. The van der Waals surface area contributed by atoms with Crippen LogP contribution in [-0.4, -0.2) is 30.5 Å². The van der Waals surface area contributed by atoms with Gasteiger partial charge in [-0.05, 0) is 49.2 Å². The van der Waals surface area contributed by atoms with Crippen LogP contribution in [0.2, 0.25) is 0 Å². The van der Waals surface area contributed by atoms with Gasteiger partial charge >= 0.3 is 5.69 Å². The molecule has 156 valence electrons. The van der Waals surface area contributed by atoms with E-state index in [4.69, 9.17) is 4.74 Å². The van der Waals surface area contributed by atoms with Gasteiger partial charge in [0.2, 0.25) is 0 Å². The van der Waals surface area contributed by atoms with Crippen LogP contribution in [0.4, 0.5) is 0 Å². The van der Waals surface area contributed by atoms with E-state index >= 15 is 0 Å². The Morgan fingerprint density at radius 2 is 1.87 bits per heavy atom. The molecule has 0 N–H and O–H groups in total. The molecule has 0 atom stereocenters. The molecule has 0 saturated carbocycles. The first-order valence-electron chi connectivity index (χ1n) is 10.2. The lowest BCUT2D eigenvalue weighted by atomic mass is 10.0. The molecule has 31 heavy (non-hydrogen) atoms. The van der Waals surface area contributed by atoms with Gasteiger partial charge in [0.1, 0.15) is 5.75 Å². The fraction of sp³-hybridized carbons (Fsp3) is 0.208. The Morgan fingerprint density at radius 1 is 1.06 bits per heavy atom. The zero-order chi connectivity index (χ0) is 21.7. The maximum absolute atomic E-state index is 13.2. The molecule has 0 spiro atoms. The molecule has 0 aliphatic carbocycles. The van der Waals surface area contributed by atoms with Crippen molar-refractivity contribution in [2.45, 2.75) is 13.8 Å². The summed E-state index contributed by atoms with van der Waals surface area (Å²) in [5, 5.41) is 5.35. The van der Waals surface area contributed by atoms with Gasteiger partial charge < -0.3 is 4.74 Å². The number of aryl methyl sites for hydroxylation is 3. The van der Waals surface area contributed by atoms with E-state index in [1.165, 1.54) is 0 Å². The second kappa shape index (κ2) is 7.12. The average molecular weight is 413 g/mol. The number of fused-ring (bicyclic) bond motifs is 3. The van der Waals surface area contributed by atoms with E-state index in [1.807, 2.05) is 57.4 Å². The van der Waals surface area contributed by atoms with E-state index in [1.54, 1.807) is 27.1 Å². The van der Waals surface area contributed by atoms with Crippen LogP contribution in [-0.2, 0) is 14.1 Å². The zero-order valence-electron chi connectivity index (χ0n) is 18.0. The number of rotatable bonds is 4. The van der Waals surface area contributed by atoms with Crippen molar-refractivity contribution in [1.29, 1.82) is 0 Å². The number of nitrogens with zero attached hydrogens (tertiary/aromatic N) is 5. The quantitative estimate of drug-likeness (QED) is 0.447. The molecule has 5 rings (SSSR count). The normalized spacial score (nSPS) is 11.5. The van der Waals surface area contributed by atoms with Crippen molar-refractivity contribution in [3.05, 3.63) is 71.0 Å². The van der Waals surface area contributed by atoms with Crippen molar-refractivity contribution in [3.63, 3.8) is 0 Å². The highest BCUT2D eigenvalue weighted by Gasteiger charge is 2.19. The maximum Gasteiger partial charge on any atom is 0.333 e. The summed E-state index contributed by atoms with van der Waals surface area (Å²) in [5.74, 6) is 0.832. The lowest BCUT2D eigenvalue weighted by Crippen LogP contribution is -2.21. The molecule has 3 aromatic heterocycles. The Hall–Kier alpha value is -3.87. The van der Waals surface area contributed by atoms with Crippen LogP contribution < -0.4 is 10.4 Å². The first-order valence-corrected chi connectivity index (χ1v) is 10.2. The highest BCUT2D eigenvalue weighted by molar-refractivity contribution is 6.04. The van der Waals surface area contributed by atoms with Crippen LogP contribution in [0, 0.1) is 6.92 Å². The molecular formula is C24H23N5O2. The third-order valence-electron chi connectivity index (χ3n) is 5.59. The van der Waals surface area contributed by atoms with Crippen molar-refractivity contribution in [2.75, 3.05) is 6.61 Å². The molecule has 5 aromatic rings. The number of hydrogen-bond acceptors (Lipinski definition) is 4. The lowest BCUT2D eigenvalue weighted by molar-refractivity contribution is 0.340. The molecule has 0 bridgehead atoms. The number of imidazole rings is 1. The van der Waals surface area contributed by atoms with Gasteiger partial charge in [-0.25, -0.2) is 4.79 Å². The fourth-order valence-electron chi connectivity index (χ4n) is 4.14. The molecule has 7 heteroatoms. The molecule has 0 amide bonds. The molecule has 0 unspecified atom stereocenters. The van der Waals surface area contributed by atoms with Crippen LogP contribution in [0.15, 0.2) is 59.7 Å². The summed E-state index contributed by atoms with van der Waals surface area (Å²) in [6.07, 6.45) is 3.63. The average Bonchev–Trinajstić information content (AvgIpc) is 3.23. The first kappa shape index (κ1) is 19.1. The minimum atomic E-state index is -0.121. The summed E-state index contributed by atoms with van der Waals surface area (Å²) in [6.45, 7) is 4.50. The smallest absolute Gasteiger partial charge is 0.333 e. The van der Waals surface area contributed by atoms with Gasteiger partial charge in [0.05, 0.1) is 40.7 Å². The third kappa shape index (κ3) is 3.01. The summed E-state index contributed by atoms with van der Waals surface area (Å²) in [6, 6.07) is 14.2. The topological polar surface area (TPSA) is 66.9 Å². The monoisotopic (exact) mass is 413 g/mol. The zero-order valence-corrected chi connectivity index (χ0v) is 18.0. The summed E-state index contributed by atoms with van der Waals surface area (Å²) in [4.78, 5) is 17.8. The predicted molar refractivity (Wildman–Crippen MR) is 122 cm³/mol. The van der Waals surface area contributed by atoms with Gasteiger partial charge in [0, 0.05) is 25.7 Å². The van der Waals surface area contributed by atoms with Crippen molar-refractivity contribution >= 4 is 21.9 Å². The van der Waals surface area contributed by atoms with Gasteiger partial charge in [-0.2, -0.15) is 5.10 Å². The van der Waals surface area contributed by atoms with Crippen LogP contribution in [0.5, 0.6) is 5.75 Å². The molecule has 7 nitrogen and oxygen atoms in total. The van der Waals surface area contributed by atoms with Crippen molar-refractivity contribution in [1.82, 2.24) is 23.9 Å². The summed E-state index contributed by atoms with van der Waals surface area (Å²) in [5.41, 5.74) is 5.97. The molecular weight excluding hydrogens is 390 g/mol. The van der Waals surface area contributed by atoms with Crippen LogP contribution >= 0.6 is 0 Å². The molecule has 3 heterocycles. The summed E-state index contributed by atoms with van der Waals surface area (Å²) in [7, 11) is 3.63. The second-order valence-corrected chi connectivity index (χ2v) is 7.64. The third-order valence-corrected chi connectivity index (χ3v) is 5.59. The fourth-order valence-corrected chi connectivity index (χ4v) is 4.14. The number of hydrogen-bond donors (Lipinski definition) is 0. The van der Waals surface area contributed by atoms with E-state index in [0.29, 0.717) is 6.61 Å². The number of benzene rings is 2. The van der Waals surface area contributed by atoms with Crippen LogP contribution in [0.3, 0.4) is 0 Å². The van der Waals surface area contributed by atoms with E-state index < -0.39 is 0 Å². The second-order valence-electron chi connectivity index (χ2n) is 7.64. The van der Waals surface area contributed by atoms with Crippen molar-refractivity contribution in [3.8, 4) is 22.6 Å². The van der Waals surface area contributed by atoms with Gasteiger partial charge in [0.15, 0.2) is 0 Å². The molecule has 2 aromatic carbocycles. The SMILES string of the molecule is CCOc1cccc(-c2ccc3ncc4c(c3c2)n(-c2cn(C)nc2C)c(=O)n4C)c1. The largest absolute Gasteiger partial charge is 0.494 e. The van der Waals surface area contributed by atoms with Crippen molar-refractivity contribution in [2.24, 2.45) is 14.1 Å². The summed E-state index contributed by atoms with van der Waals surface area (Å²) < 4.78 is 10.8. The van der Waals surface area contributed by atoms with Crippen LogP contribution in [0.25, 0.3) is 38.8 Å². The Bertz CT molecular complexity index is 1510. The molecule has 0 radical (unpaired) electrons. The first-order chi connectivity index (χ1) is 15.0. The lowest BCUT2D eigenvalue weighted by Gasteiger charge is -2.09. The van der Waals surface area contributed by atoms with Gasteiger partial charge in [-0.15, -0.1) is 0 Å². The van der Waals surface area contributed by atoms with Crippen LogP contribution in [0.1, 0.15) is 12.6 Å². The van der Waals surface area contributed by atoms with Gasteiger partial charge in [0.25, 0.3) is 0 Å². The highest BCUT2D eigenvalue weighted by atomic mass is 16.5. The Kier molecular flexibility index (Phi) is 4.39. The molecule has 0 fully saturated rings. The van der Waals surface area contributed by atoms with E-state index in [2.05, 4.69) is 22.2 Å². The highest BCUT2D eigenvalue weighted by Crippen LogP contribution is 2.31. The van der Waals surface area contributed by atoms with E-state index in [0.717, 1.165) is 50.2 Å². The van der Waals surface area contributed by atoms with Gasteiger partial charge in [-0.1, -0.05) is 18.2 Å². The maximum atomic E-state index is 13.2. The predicted octanol–water partition coefficient (Wildman–Crippen LogP) is 3.99. The summed E-state index contributed by atoms with van der Waals surface area (Å²) >= 11 is 0. The van der Waals surface area contributed by atoms with E-state index in [-0.39, 0.29) is 5.69 Å². The Morgan fingerprint density at radius 3 is 2.61 bits per heavy atom. The Balaban J connectivity index is 1.83.